The van der Waals surface area contributed by atoms with E-state index in [1.807, 2.05) is 4.90 Å². The lowest BCUT2D eigenvalue weighted by Crippen LogP contribution is -2.46. The second kappa shape index (κ2) is 10.8. The van der Waals surface area contributed by atoms with Crippen molar-refractivity contribution in [1.82, 2.24) is 9.80 Å². The molecule has 0 spiro atoms. The highest BCUT2D eigenvalue weighted by Crippen LogP contribution is 2.24. The van der Waals surface area contributed by atoms with Gasteiger partial charge in [0.15, 0.2) is 0 Å². The van der Waals surface area contributed by atoms with Crippen molar-refractivity contribution in [1.29, 1.82) is 0 Å². The summed E-state index contributed by atoms with van der Waals surface area (Å²) in [6.07, 6.45) is 6.26. The predicted octanol–water partition coefficient (Wildman–Crippen LogP) is 4.35. The summed E-state index contributed by atoms with van der Waals surface area (Å²) < 4.78 is 5.88. The van der Waals surface area contributed by atoms with Crippen LogP contribution in [-0.4, -0.2) is 54.4 Å². The van der Waals surface area contributed by atoms with Crippen LogP contribution in [0, 0.1) is 25.7 Å². The fourth-order valence-corrected chi connectivity index (χ4v) is 4.60. The Morgan fingerprint density at radius 2 is 1.80 bits per heavy atom. The molecule has 2 amide bonds. The maximum Gasteiger partial charge on any atom is 0.225 e. The highest BCUT2D eigenvalue weighted by atomic mass is 16.5. The van der Waals surface area contributed by atoms with Crippen LogP contribution in [0.4, 0.5) is 0 Å². The van der Waals surface area contributed by atoms with Gasteiger partial charge in [0.25, 0.3) is 0 Å². The molecule has 2 heterocycles. The van der Waals surface area contributed by atoms with Crippen LogP contribution in [0.25, 0.3) is 0 Å². The number of likely N-dealkylation sites (tertiary alicyclic amines) is 2. The molecule has 2 fully saturated rings. The molecule has 3 rings (SSSR count). The Kier molecular flexibility index (Phi) is 8.17. The van der Waals surface area contributed by atoms with Gasteiger partial charge in [0.05, 0.1) is 6.61 Å². The van der Waals surface area contributed by atoms with Gasteiger partial charge in [-0.15, -0.1) is 0 Å². The summed E-state index contributed by atoms with van der Waals surface area (Å²) in [4.78, 5) is 29.3. The lowest BCUT2D eigenvalue weighted by atomic mass is 9.92. The number of hydrogen-bond donors (Lipinski definition) is 0. The SMILES string of the molecule is Cc1ccc(C)c(OCCCCC(=O)N2CCC(C(=O)N3CCCC(C)C3)CC2)c1. The third-order valence-electron chi connectivity index (χ3n) is 6.55. The first-order valence-corrected chi connectivity index (χ1v) is 11.7. The normalized spacial score (nSPS) is 20.3. The van der Waals surface area contributed by atoms with E-state index in [9.17, 15) is 9.59 Å². The van der Waals surface area contributed by atoms with E-state index in [1.54, 1.807) is 0 Å². The molecule has 5 nitrogen and oxygen atoms in total. The van der Waals surface area contributed by atoms with Crippen LogP contribution in [-0.2, 0) is 9.59 Å². The summed E-state index contributed by atoms with van der Waals surface area (Å²) in [7, 11) is 0. The predicted molar refractivity (Wildman–Crippen MR) is 120 cm³/mol. The zero-order chi connectivity index (χ0) is 21.5. The molecule has 0 bridgehead atoms. The molecule has 0 aliphatic carbocycles. The fraction of sp³-hybridized carbons (Fsp3) is 0.680. The Labute approximate surface area is 181 Å². The first kappa shape index (κ1) is 22.6. The van der Waals surface area contributed by atoms with Gasteiger partial charge in [-0.3, -0.25) is 9.59 Å². The molecule has 166 valence electrons. The Hall–Kier alpha value is -2.04. The molecule has 1 aromatic carbocycles. The van der Waals surface area contributed by atoms with Gasteiger partial charge in [0, 0.05) is 38.5 Å². The van der Waals surface area contributed by atoms with Crippen molar-refractivity contribution in [3.63, 3.8) is 0 Å². The van der Waals surface area contributed by atoms with E-state index in [0.717, 1.165) is 69.6 Å². The first-order chi connectivity index (χ1) is 14.4. The zero-order valence-electron chi connectivity index (χ0n) is 19.0. The number of nitrogens with zero attached hydrogens (tertiary/aromatic N) is 2. The third-order valence-corrected chi connectivity index (χ3v) is 6.55. The van der Waals surface area contributed by atoms with Crippen LogP contribution in [0.1, 0.15) is 63.0 Å². The minimum Gasteiger partial charge on any atom is -0.493 e. The standard InChI is InChI=1S/C25H38N2O3/c1-19-9-10-21(3)23(17-19)30-16-5-4-8-24(28)26-14-11-22(12-15-26)25(29)27-13-6-7-20(2)18-27/h9-10,17,20,22H,4-8,11-16,18H2,1-3H3. The topological polar surface area (TPSA) is 49.9 Å². The minimum atomic E-state index is 0.102. The number of rotatable bonds is 7. The second-order valence-corrected chi connectivity index (χ2v) is 9.26. The van der Waals surface area contributed by atoms with Crippen LogP contribution in [0.5, 0.6) is 5.75 Å². The van der Waals surface area contributed by atoms with Crippen molar-refractivity contribution in [3.05, 3.63) is 29.3 Å². The van der Waals surface area contributed by atoms with Crippen LogP contribution in [0.2, 0.25) is 0 Å². The van der Waals surface area contributed by atoms with Crippen LogP contribution in [0.15, 0.2) is 18.2 Å². The molecular formula is C25H38N2O3. The van der Waals surface area contributed by atoms with E-state index in [1.165, 1.54) is 12.0 Å². The van der Waals surface area contributed by atoms with Gasteiger partial charge in [-0.05, 0) is 75.5 Å². The number of unbranched alkanes of at least 4 members (excludes halogenated alkanes) is 1. The first-order valence-electron chi connectivity index (χ1n) is 11.7. The third kappa shape index (κ3) is 6.23. The van der Waals surface area contributed by atoms with Crippen molar-refractivity contribution < 1.29 is 14.3 Å². The van der Waals surface area contributed by atoms with Gasteiger partial charge in [-0.2, -0.15) is 0 Å². The largest absolute Gasteiger partial charge is 0.493 e. The van der Waals surface area contributed by atoms with Crippen LogP contribution < -0.4 is 4.74 Å². The molecule has 2 saturated heterocycles. The summed E-state index contributed by atoms with van der Waals surface area (Å²) in [6.45, 7) is 10.2. The van der Waals surface area contributed by atoms with E-state index in [4.69, 9.17) is 4.74 Å². The Morgan fingerprint density at radius 3 is 2.53 bits per heavy atom. The molecule has 1 unspecified atom stereocenters. The van der Waals surface area contributed by atoms with Crippen molar-refractivity contribution in [2.75, 3.05) is 32.8 Å². The monoisotopic (exact) mass is 414 g/mol. The summed E-state index contributed by atoms with van der Waals surface area (Å²) in [6, 6.07) is 6.23. The maximum absolute atomic E-state index is 12.8. The number of ether oxygens (including phenoxy) is 1. The maximum atomic E-state index is 12.8. The molecule has 0 aromatic heterocycles. The highest BCUT2D eigenvalue weighted by Gasteiger charge is 2.31. The highest BCUT2D eigenvalue weighted by molar-refractivity contribution is 5.80. The number of hydrogen-bond acceptors (Lipinski definition) is 3. The van der Waals surface area contributed by atoms with Gasteiger partial charge in [-0.25, -0.2) is 0 Å². The summed E-state index contributed by atoms with van der Waals surface area (Å²) >= 11 is 0. The van der Waals surface area contributed by atoms with Crippen LogP contribution in [0.3, 0.4) is 0 Å². The van der Waals surface area contributed by atoms with Gasteiger partial charge >= 0.3 is 0 Å². The Bertz CT molecular complexity index is 725. The molecule has 0 radical (unpaired) electrons. The number of carbonyl (C=O) groups excluding carboxylic acids is 2. The molecule has 5 heteroatoms. The molecule has 1 atom stereocenters. The van der Waals surface area contributed by atoms with E-state index >= 15 is 0 Å². The number of aryl methyl sites for hydroxylation is 2. The molecule has 2 aliphatic heterocycles. The number of carbonyl (C=O) groups is 2. The van der Waals surface area contributed by atoms with E-state index in [0.29, 0.717) is 24.9 Å². The average molecular weight is 415 g/mol. The average Bonchev–Trinajstić information content (AvgIpc) is 2.75. The van der Waals surface area contributed by atoms with E-state index in [2.05, 4.69) is 43.9 Å². The molecule has 1 aromatic rings. The smallest absolute Gasteiger partial charge is 0.225 e. The van der Waals surface area contributed by atoms with Crippen molar-refractivity contribution >= 4 is 11.8 Å². The number of benzene rings is 1. The molecule has 0 saturated carbocycles. The Morgan fingerprint density at radius 1 is 1.03 bits per heavy atom. The minimum absolute atomic E-state index is 0.102. The van der Waals surface area contributed by atoms with Crippen molar-refractivity contribution in [3.8, 4) is 5.75 Å². The summed E-state index contributed by atoms with van der Waals surface area (Å²) in [5, 5.41) is 0. The molecular weight excluding hydrogens is 376 g/mol. The van der Waals surface area contributed by atoms with Crippen molar-refractivity contribution in [2.24, 2.45) is 11.8 Å². The van der Waals surface area contributed by atoms with Gasteiger partial charge in [-0.1, -0.05) is 19.1 Å². The van der Waals surface area contributed by atoms with Crippen LogP contribution >= 0.6 is 0 Å². The second-order valence-electron chi connectivity index (χ2n) is 9.26. The van der Waals surface area contributed by atoms with Gasteiger partial charge < -0.3 is 14.5 Å². The number of piperidine rings is 2. The van der Waals surface area contributed by atoms with E-state index in [-0.39, 0.29) is 11.8 Å². The zero-order valence-corrected chi connectivity index (χ0v) is 19.0. The van der Waals surface area contributed by atoms with E-state index < -0.39 is 0 Å². The molecule has 30 heavy (non-hydrogen) atoms. The summed E-state index contributed by atoms with van der Waals surface area (Å²) in [5.74, 6) is 2.20. The van der Waals surface area contributed by atoms with Crippen molar-refractivity contribution in [2.45, 2.75) is 65.7 Å². The van der Waals surface area contributed by atoms with Gasteiger partial charge in [0.2, 0.25) is 11.8 Å². The molecule has 2 aliphatic rings. The lowest BCUT2D eigenvalue weighted by Gasteiger charge is -2.37. The number of amides is 2. The Balaban J connectivity index is 1.32. The molecule has 0 N–H and O–H groups in total. The van der Waals surface area contributed by atoms with Gasteiger partial charge in [0.1, 0.15) is 5.75 Å². The summed E-state index contributed by atoms with van der Waals surface area (Å²) in [5.41, 5.74) is 2.34. The quantitative estimate of drug-likeness (QED) is 0.623. The lowest BCUT2D eigenvalue weighted by molar-refractivity contribution is -0.142. The fourth-order valence-electron chi connectivity index (χ4n) is 4.60.